The van der Waals surface area contributed by atoms with E-state index in [0.29, 0.717) is 35.1 Å². The monoisotopic (exact) mass is 452 g/mol. The highest BCUT2D eigenvalue weighted by atomic mass is 16.5. The van der Waals surface area contributed by atoms with Gasteiger partial charge in [0.05, 0.1) is 17.1 Å². The molecule has 0 unspecified atom stereocenters. The van der Waals surface area contributed by atoms with E-state index in [1.54, 1.807) is 37.3 Å². The van der Waals surface area contributed by atoms with Crippen molar-refractivity contribution >= 4 is 46.9 Å². The number of rotatable bonds is 7. The molecule has 12 heteroatoms. The quantitative estimate of drug-likeness (QED) is 0.420. The fourth-order valence-electron chi connectivity index (χ4n) is 3.29. The number of nitrogens with zero attached hydrogens (tertiary/aromatic N) is 5. The summed E-state index contributed by atoms with van der Waals surface area (Å²) >= 11 is 0. The second kappa shape index (κ2) is 9.10. The minimum absolute atomic E-state index is 0.0104. The van der Waals surface area contributed by atoms with E-state index >= 15 is 0 Å². The van der Waals surface area contributed by atoms with Crippen LogP contribution in [0.4, 0.5) is 22.9 Å². The minimum atomic E-state index is -0.453. The number of fused-ring (bicyclic) bond motifs is 1. The van der Waals surface area contributed by atoms with Crippen LogP contribution in [0, 0.1) is 5.92 Å². The lowest BCUT2D eigenvalue weighted by molar-refractivity contribution is -0.117. The van der Waals surface area contributed by atoms with Crippen molar-refractivity contribution in [2.45, 2.75) is 12.8 Å². The lowest BCUT2D eigenvalue weighted by Gasteiger charge is -2.29. The third-order valence-corrected chi connectivity index (χ3v) is 5.00. The third kappa shape index (κ3) is 4.68. The zero-order chi connectivity index (χ0) is 23.5. The molecule has 172 valence electrons. The molecule has 0 atom stereocenters. The highest BCUT2D eigenvalue weighted by molar-refractivity contribution is 6.13. The van der Waals surface area contributed by atoms with Gasteiger partial charge in [-0.2, -0.15) is 5.10 Å². The lowest BCUT2D eigenvalue weighted by Crippen LogP contribution is -2.39. The van der Waals surface area contributed by atoms with Gasteiger partial charge in [-0.25, -0.2) is 0 Å². The first-order chi connectivity index (χ1) is 15.9. The summed E-state index contributed by atoms with van der Waals surface area (Å²) in [6, 6.07) is 6.75. The average Bonchev–Trinajstić information content (AvgIpc) is 3.64. The zero-order valence-corrected chi connectivity index (χ0v) is 18.5. The first-order valence-electron chi connectivity index (χ1n) is 10.3. The molecule has 3 amide bonds. The normalized spacial score (nSPS) is 15.8. The van der Waals surface area contributed by atoms with Gasteiger partial charge >= 0.3 is 0 Å². The summed E-state index contributed by atoms with van der Waals surface area (Å²) < 4.78 is 5.91. The van der Waals surface area contributed by atoms with Gasteiger partial charge in [0.25, 0.3) is 5.91 Å². The van der Waals surface area contributed by atoms with E-state index in [2.05, 4.69) is 31.2 Å². The Kier molecular flexibility index (Phi) is 6.07. The van der Waals surface area contributed by atoms with E-state index in [9.17, 15) is 14.4 Å². The Balaban J connectivity index is 1.69. The highest BCUT2D eigenvalue weighted by Gasteiger charge is 2.30. The smallest absolute Gasteiger partial charge is 0.273 e. The van der Waals surface area contributed by atoms with Gasteiger partial charge in [0.2, 0.25) is 12.3 Å². The van der Waals surface area contributed by atoms with Crippen LogP contribution in [0.15, 0.2) is 29.4 Å². The van der Waals surface area contributed by atoms with Crippen LogP contribution in [-0.2, 0) is 9.59 Å². The Morgan fingerprint density at radius 1 is 1.24 bits per heavy atom. The van der Waals surface area contributed by atoms with Gasteiger partial charge in [0.15, 0.2) is 23.1 Å². The van der Waals surface area contributed by atoms with E-state index in [0.717, 1.165) is 12.8 Å². The number of ether oxygens (including phenoxy) is 1. The number of nitrogens with one attached hydrogen (secondary N) is 3. The largest absolute Gasteiger partial charge is 0.481 e. The Bertz CT molecular complexity index is 1130. The van der Waals surface area contributed by atoms with Gasteiger partial charge in [-0.15, -0.1) is 10.2 Å². The lowest BCUT2D eigenvalue weighted by atomic mass is 10.2. The summed E-state index contributed by atoms with van der Waals surface area (Å²) in [6.07, 6.45) is 2.37. The molecule has 2 aliphatic rings. The molecule has 2 heterocycles. The molecule has 1 fully saturated rings. The Labute approximate surface area is 190 Å². The zero-order valence-electron chi connectivity index (χ0n) is 18.5. The van der Waals surface area contributed by atoms with E-state index < -0.39 is 5.91 Å². The topological polar surface area (TPSA) is 141 Å². The number of anilines is 4. The number of para-hydroxylation sites is 1. The predicted molar refractivity (Wildman–Crippen MR) is 122 cm³/mol. The summed E-state index contributed by atoms with van der Waals surface area (Å²) in [4.78, 5) is 37.7. The van der Waals surface area contributed by atoms with Gasteiger partial charge in [-0.3, -0.25) is 19.3 Å². The summed E-state index contributed by atoms with van der Waals surface area (Å²) in [5.41, 5.74) is 1.35. The van der Waals surface area contributed by atoms with Gasteiger partial charge < -0.3 is 25.7 Å². The van der Waals surface area contributed by atoms with Crippen LogP contribution in [0.3, 0.4) is 0 Å². The van der Waals surface area contributed by atoms with Crippen LogP contribution < -0.4 is 25.6 Å². The standard InChI is InChI=1S/C21H24N8O4/c1-22-21(32)18-14(9-16(25-26-18)24-20(31)12-7-8-12)23-13-5-4-6-15-19(13)33-10-17(27-28(2)3)29(15)11-30/h4-6,9,11-12H,7-8,10H2,1-3H3,(H,22,32)(H2,23,24,25,31)/b27-17-. The summed E-state index contributed by atoms with van der Waals surface area (Å²) in [5.74, 6) is 0.474. The minimum Gasteiger partial charge on any atom is -0.481 e. The van der Waals surface area contributed by atoms with E-state index in [1.165, 1.54) is 18.0 Å². The van der Waals surface area contributed by atoms with Crippen molar-refractivity contribution in [2.24, 2.45) is 11.0 Å². The maximum atomic E-state index is 12.4. The molecule has 12 nitrogen and oxygen atoms in total. The summed E-state index contributed by atoms with van der Waals surface area (Å²) in [6.45, 7) is 0.0716. The molecule has 1 aliphatic heterocycles. The van der Waals surface area contributed by atoms with E-state index in [-0.39, 0.29) is 29.9 Å². The second-order valence-corrected chi connectivity index (χ2v) is 7.74. The molecular formula is C21H24N8O4. The Morgan fingerprint density at radius 3 is 2.70 bits per heavy atom. The van der Waals surface area contributed by atoms with Crippen molar-refractivity contribution in [2.75, 3.05) is 43.3 Å². The van der Waals surface area contributed by atoms with Crippen LogP contribution in [0.5, 0.6) is 5.75 Å². The van der Waals surface area contributed by atoms with Crippen molar-refractivity contribution in [1.82, 2.24) is 20.5 Å². The molecule has 1 aliphatic carbocycles. The van der Waals surface area contributed by atoms with Crippen LogP contribution in [0.25, 0.3) is 0 Å². The molecule has 33 heavy (non-hydrogen) atoms. The molecule has 1 aromatic heterocycles. The number of hydrogen-bond acceptors (Lipinski definition) is 9. The van der Waals surface area contributed by atoms with Crippen LogP contribution in [-0.4, -0.2) is 67.0 Å². The van der Waals surface area contributed by atoms with Gasteiger partial charge in [0.1, 0.15) is 6.61 Å². The number of aromatic nitrogens is 2. The molecule has 0 radical (unpaired) electrons. The number of benzene rings is 1. The summed E-state index contributed by atoms with van der Waals surface area (Å²) in [7, 11) is 4.98. The fraction of sp³-hybridized carbons (Fsp3) is 0.333. The molecule has 2 aromatic rings. The predicted octanol–water partition coefficient (Wildman–Crippen LogP) is 1.16. The van der Waals surface area contributed by atoms with Crippen molar-refractivity contribution in [3.05, 3.63) is 30.0 Å². The van der Waals surface area contributed by atoms with Crippen molar-refractivity contribution in [3.63, 3.8) is 0 Å². The van der Waals surface area contributed by atoms with Crippen LogP contribution in [0.2, 0.25) is 0 Å². The van der Waals surface area contributed by atoms with Crippen molar-refractivity contribution in [3.8, 4) is 5.75 Å². The van der Waals surface area contributed by atoms with E-state index in [1.807, 2.05) is 0 Å². The maximum Gasteiger partial charge on any atom is 0.273 e. The van der Waals surface area contributed by atoms with Crippen molar-refractivity contribution < 1.29 is 19.1 Å². The number of carbonyl (C=O) groups is 3. The number of amides is 3. The van der Waals surface area contributed by atoms with Crippen molar-refractivity contribution in [1.29, 1.82) is 0 Å². The van der Waals surface area contributed by atoms with Gasteiger partial charge in [0, 0.05) is 33.1 Å². The first-order valence-corrected chi connectivity index (χ1v) is 10.3. The number of hydrogen-bond donors (Lipinski definition) is 3. The SMILES string of the molecule is CNC(=O)c1nnc(NC(=O)C2CC2)cc1Nc1cccc2c1OC/C(=N/N(C)C)N2C=O. The number of amidine groups is 1. The molecular weight excluding hydrogens is 428 g/mol. The molecule has 0 bridgehead atoms. The number of carbonyl (C=O) groups excluding carboxylic acids is 3. The summed E-state index contributed by atoms with van der Waals surface area (Å²) in [5, 5.41) is 22.2. The second-order valence-electron chi connectivity index (χ2n) is 7.74. The van der Waals surface area contributed by atoms with Gasteiger partial charge in [-0.1, -0.05) is 6.07 Å². The third-order valence-electron chi connectivity index (χ3n) is 5.00. The molecule has 1 aromatic carbocycles. The fourth-order valence-corrected chi connectivity index (χ4v) is 3.29. The Morgan fingerprint density at radius 2 is 2.03 bits per heavy atom. The number of hydrazone groups is 1. The molecule has 0 spiro atoms. The molecule has 1 saturated carbocycles. The molecule has 0 saturated heterocycles. The molecule has 3 N–H and O–H groups in total. The first kappa shape index (κ1) is 22.0. The Hall–Kier alpha value is -4.22. The van der Waals surface area contributed by atoms with Crippen LogP contribution in [0.1, 0.15) is 23.3 Å². The van der Waals surface area contributed by atoms with E-state index in [4.69, 9.17) is 4.74 Å². The average molecular weight is 452 g/mol. The maximum absolute atomic E-state index is 12.4. The highest BCUT2D eigenvalue weighted by Crippen LogP contribution is 2.40. The van der Waals surface area contributed by atoms with Crippen LogP contribution >= 0.6 is 0 Å². The van der Waals surface area contributed by atoms with Gasteiger partial charge in [-0.05, 0) is 25.0 Å². The molecule has 4 rings (SSSR count).